The van der Waals surface area contributed by atoms with Crippen LogP contribution in [0.5, 0.6) is 0 Å². The van der Waals surface area contributed by atoms with Crippen molar-refractivity contribution < 1.29 is 19.0 Å². The van der Waals surface area contributed by atoms with Crippen LogP contribution in [0.2, 0.25) is 0 Å². The maximum Gasteiger partial charge on any atom is 0.143 e. The lowest BCUT2D eigenvalue weighted by molar-refractivity contribution is -0.0603. The highest BCUT2D eigenvalue weighted by molar-refractivity contribution is 5.47. The Labute approximate surface area is 211 Å². The Morgan fingerprint density at radius 2 is 1.28 bits per heavy atom. The average Bonchev–Trinajstić information content (AvgIpc) is 3.27. The van der Waals surface area contributed by atoms with Gasteiger partial charge in [0.25, 0.3) is 0 Å². The second-order valence-electron chi connectivity index (χ2n) is 9.25. The van der Waals surface area contributed by atoms with Crippen LogP contribution in [0.3, 0.4) is 0 Å². The molecule has 0 radical (unpaired) electrons. The Balaban J connectivity index is 1.55. The van der Waals surface area contributed by atoms with Crippen LogP contribution in [0.1, 0.15) is 22.3 Å². The van der Waals surface area contributed by atoms with Crippen molar-refractivity contribution in [2.24, 2.45) is 11.7 Å². The molecule has 0 saturated carbocycles. The van der Waals surface area contributed by atoms with Crippen molar-refractivity contribution in [3.05, 3.63) is 143 Å². The molecule has 5 heteroatoms. The number of aliphatic hydroxyl groups excluding tert-OH is 1. The van der Waals surface area contributed by atoms with E-state index in [2.05, 4.69) is 0 Å². The summed E-state index contributed by atoms with van der Waals surface area (Å²) in [5.74, 6) is -0.953. The first-order valence-electron chi connectivity index (χ1n) is 12.2. The third kappa shape index (κ3) is 4.25. The lowest BCUT2D eigenvalue weighted by Crippen LogP contribution is -2.48. The fourth-order valence-electron chi connectivity index (χ4n) is 5.34. The molecule has 1 heterocycles. The van der Waals surface area contributed by atoms with Gasteiger partial charge in [-0.15, -0.1) is 0 Å². The fourth-order valence-corrected chi connectivity index (χ4v) is 5.34. The van der Waals surface area contributed by atoms with Gasteiger partial charge < -0.3 is 20.3 Å². The van der Waals surface area contributed by atoms with E-state index in [-0.39, 0.29) is 19.8 Å². The average molecular weight is 484 g/mol. The number of hydrogen-bond donors (Lipinski definition) is 2. The quantitative estimate of drug-likeness (QED) is 0.347. The molecule has 4 aromatic carbocycles. The molecule has 1 aliphatic heterocycles. The molecule has 0 aliphatic carbocycles. The van der Waals surface area contributed by atoms with Gasteiger partial charge in [0.15, 0.2) is 0 Å². The molecule has 3 unspecified atom stereocenters. The van der Waals surface area contributed by atoms with E-state index in [1.165, 1.54) is 6.07 Å². The minimum atomic E-state index is -1.16. The van der Waals surface area contributed by atoms with Crippen LogP contribution in [0.15, 0.2) is 115 Å². The predicted octanol–water partition coefficient (Wildman–Crippen LogP) is 5.00. The second kappa shape index (κ2) is 10.3. The molecular formula is C31H30FNO3. The SMILES string of the molecule is NC1(c2ccccc2F)COC(COC(c2ccccc2)(c2ccccc2)c2ccccc2)C1CO. The maximum atomic E-state index is 14.7. The molecule has 1 saturated heterocycles. The van der Waals surface area contributed by atoms with Gasteiger partial charge in [0.2, 0.25) is 0 Å². The zero-order valence-electron chi connectivity index (χ0n) is 20.0. The van der Waals surface area contributed by atoms with Gasteiger partial charge in [0.05, 0.1) is 31.5 Å². The van der Waals surface area contributed by atoms with Crippen LogP contribution in [0.25, 0.3) is 0 Å². The maximum absolute atomic E-state index is 14.7. The molecule has 4 nitrogen and oxygen atoms in total. The third-order valence-corrected chi connectivity index (χ3v) is 7.22. The third-order valence-electron chi connectivity index (χ3n) is 7.22. The molecule has 1 aliphatic rings. The van der Waals surface area contributed by atoms with E-state index in [4.69, 9.17) is 15.2 Å². The van der Waals surface area contributed by atoms with E-state index in [9.17, 15) is 9.50 Å². The lowest BCUT2D eigenvalue weighted by Gasteiger charge is -2.37. The molecule has 0 amide bonds. The first-order chi connectivity index (χ1) is 17.6. The number of nitrogens with two attached hydrogens (primary N) is 1. The van der Waals surface area contributed by atoms with Gasteiger partial charge in [0, 0.05) is 11.5 Å². The number of ether oxygens (including phenoxy) is 2. The zero-order chi connectivity index (χ0) is 25.0. The van der Waals surface area contributed by atoms with Crippen molar-refractivity contribution in [3.8, 4) is 0 Å². The summed E-state index contributed by atoms with van der Waals surface area (Å²) < 4.78 is 27.7. The number of halogens is 1. The van der Waals surface area contributed by atoms with Crippen molar-refractivity contribution in [2.45, 2.75) is 17.2 Å². The predicted molar refractivity (Wildman–Crippen MR) is 138 cm³/mol. The van der Waals surface area contributed by atoms with Crippen LogP contribution >= 0.6 is 0 Å². The first-order valence-corrected chi connectivity index (χ1v) is 12.2. The fraction of sp³-hybridized carbons (Fsp3) is 0.226. The van der Waals surface area contributed by atoms with Crippen LogP contribution in [-0.4, -0.2) is 31.0 Å². The van der Waals surface area contributed by atoms with Gasteiger partial charge in [-0.2, -0.15) is 0 Å². The normalized spacial score (nSPS) is 22.0. The van der Waals surface area contributed by atoms with Crippen molar-refractivity contribution in [1.82, 2.24) is 0 Å². The highest BCUT2D eigenvalue weighted by Crippen LogP contribution is 2.43. The molecule has 1 fully saturated rings. The summed E-state index contributed by atoms with van der Waals surface area (Å²) in [5.41, 5.74) is 7.87. The lowest BCUT2D eigenvalue weighted by atomic mass is 9.78. The van der Waals surface area contributed by atoms with Crippen molar-refractivity contribution >= 4 is 0 Å². The van der Waals surface area contributed by atoms with Gasteiger partial charge in [-0.3, -0.25) is 0 Å². The summed E-state index contributed by atoms with van der Waals surface area (Å²) in [6.07, 6.45) is -0.532. The summed E-state index contributed by atoms with van der Waals surface area (Å²) in [7, 11) is 0. The van der Waals surface area contributed by atoms with Crippen LogP contribution < -0.4 is 5.73 Å². The molecule has 0 bridgehead atoms. The van der Waals surface area contributed by atoms with Crippen molar-refractivity contribution in [1.29, 1.82) is 0 Å². The Kier molecular flexibility index (Phi) is 6.99. The number of rotatable bonds is 8. The van der Waals surface area contributed by atoms with Crippen LogP contribution in [0, 0.1) is 11.7 Å². The topological polar surface area (TPSA) is 64.7 Å². The molecule has 0 aromatic heterocycles. The van der Waals surface area contributed by atoms with Crippen molar-refractivity contribution in [3.63, 3.8) is 0 Å². The number of benzene rings is 4. The highest BCUT2D eigenvalue weighted by Gasteiger charge is 2.50. The van der Waals surface area contributed by atoms with E-state index < -0.39 is 29.0 Å². The first kappa shape index (κ1) is 24.3. The van der Waals surface area contributed by atoms with E-state index in [0.717, 1.165) is 16.7 Å². The molecule has 3 atom stereocenters. The largest absolute Gasteiger partial charge is 0.396 e. The smallest absolute Gasteiger partial charge is 0.143 e. The van der Waals surface area contributed by atoms with Crippen LogP contribution in [0.4, 0.5) is 4.39 Å². The van der Waals surface area contributed by atoms with Gasteiger partial charge in [-0.1, -0.05) is 109 Å². The number of aliphatic hydroxyl groups is 1. The minimum absolute atomic E-state index is 0.0855. The molecular weight excluding hydrogens is 453 g/mol. The number of hydrogen-bond acceptors (Lipinski definition) is 4. The van der Waals surface area contributed by atoms with Gasteiger partial charge in [-0.05, 0) is 22.8 Å². The minimum Gasteiger partial charge on any atom is -0.396 e. The van der Waals surface area contributed by atoms with Gasteiger partial charge in [-0.25, -0.2) is 4.39 Å². The van der Waals surface area contributed by atoms with Crippen molar-refractivity contribution in [2.75, 3.05) is 19.8 Å². The Bertz CT molecular complexity index is 1170. The summed E-state index contributed by atoms with van der Waals surface area (Å²) in [6, 6.07) is 36.6. The monoisotopic (exact) mass is 483 g/mol. The molecule has 0 spiro atoms. The molecule has 4 aromatic rings. The summed E-state index contributed by atoms with van der Waals surface area (Å²) in [6.45, 7) is -0.0205. The van der Waals surface area contributed by atoms with E-state index in [0.29, 0.717) is 5.56 Å². The Morgan fingerprint density at radius 3 is 1.75 bits per heavy atom. The standard InChI is InChI=1S/C31H30FNO3/c32-28-19-11-10-18-26(28)30(33)22-35-29(27(30)20-34)21-36-31(23-12-4-1-5-13-23,24-14-6-2-7-15-24)25-16-8-3-9-17-25/h1-19,27,29,34H,20-22,33H2. The molecule has 36 heavy (non-hydrogen) atoms. The molecule has 3 N–H and O–H groups in total. The molecule has 184 valence electrons. The molecule has 5 rings (SSSR count). The Hall–Kier alpha value is -3.35. The van der Waals surface area contributed by atoms with Gasteiger partial charge in [0.1, 0.15) is 11.4 Å². The summed E-state index contributed by atoms with van der Waals surface area (Å²) in [4.78, 5) is 0. The summed E-state index contributed by atoms with van der Waals surface area (Å²) >= 11 is 0. The van der Waals surface area contributed by atoms with E-state index in [1.807, 2.05) is 91.0 Å². The highest BCUT2D eigenvalue weighted by atomic mass is 19.1. The zero-order valence-corrected chi connectivity index (χ0v) is 20.0. The Morgan fingerprint density at radius 1 is 0.806 bits per heavy atom. The van der Waals surface area contributed by atoms with E-state index in [1.54, 1.807) is 18.2 Å². The summed E-state index contributed by atoms with van der Waals surface area (Å²) in [5, 5.41) is 10.4. The van der Waals surface area contributed by atoms with Gasteiger partial charge >= 0.3 is 0 Å². The second-order valence-corrected chi connectivity index (χ2v) is 9.25. The van der Waals surface area contributed by atoms with E-state index >= 15 is 0 Å². The van der Waals surface area contributed by atoms with Crippen LogP contribution in [-0.2, 0) is 20.6 Å².